The Balaban J connectivity index is 2.11. The fraction of sp³-hybridized carbons (Fsp3) is 0. The standard InChI is InChI=1S/C13H7BrCl2N6/c14-13-20-12(21-22-13)11-8(5-3-17-18-4-5)6-1-2-7(15)9(16)10(6)19-11/h1-4,19H,(H,17,18)(H,20,21,22). The molecule has 6 nitrogen and oxygen atoms in total. The van der Waals surface area contributed by atoms with Crippen molar-refractivity contribution in [3.63, 3.8) is 0 Å². The van der Waals surface area contributed by atoms with Gasteiger partial charge in [-0.15, -0.1) is 5.10 Å². The minimum atomic E-state index is 0.466. The van der Waals surface area contributed by atoms with Gasteiger partial charge in [0.1, 0.15) is 0 Å². The second-order valence-electron chi connectivity index (χ2n) is 4.60. The van der Waals surface area contributed by atoms with Crippen LogP contribution in [0, 0.1) is 0 Å². The Hall–Kier alpha value is -1.83. The summed E-state index contributed by atoms with van der Waals surface area (Å²) >= 11 is 15.7. The summed E-state index contributed by atoms with van der Waals surface area (Å²) in [5, 5.41) is 15.6. The van der Waals surface area contributed by atoms with Crippen molar-refractivity contribution in [2.45, 2.75) is 0 Å². The van der Waals surface area contributed by atoms with Crippen LogP contribution in [0.3, 0.4) is 0 Å². The number of hydrogen-bond donors (Lipinski definition) is 3. The molecule has 4 aromatic rings. The van der Waals surface area contributed by atoms with Crippen molar-refractivity contribution >= 4 is 50.0 Å². The zero-order valence-corrected chi connectivity index (χ0v) is 13.9. The zero-order valence-electron chi connectivity index (χ0n) is 10.8. The Labute approximate surface area is 142 Å². The minimum absolute atomic E-state index is 0.466. The van der Waals surface area contributed by atoms with Gasteiger partial charge in [-0.1, -0.05) is 29.3 Å². The molecule has 0 unspecified atom stereocenters. The van der Waals surface area contributed by atoms with E-state index in [0.717, 1.165) is 27.7 Å². The average Bonchev–Trinajstić information content (AvgIpc) is 3.20. The average molecular weight is 398 g/mol. The molecule has 0 aliphatic heterocycles. The predicted molar refractivity (Wildman–Crippen MR) is 89.0 cm³/mol. The molecule has 3 N–H and O–H groups in total. The molecular weight excluding hydrogens is 391 g/mol. The molecule has 9 heteroatoms. The van der Waals surface area contributed by atoms with Gasteiger partial charge in [0.05, 0.1) is 27.5 Å². The first kappa shape index (κ1) is 13.8. The third kappa shape index (κ3) is 2.05. The number of halogens is 3. The topological polar surface area (TPSA) is 86.0 Å². The molecule has 0 fully saturated rings. The molecule has 0 amide bonds. The Morgan fingerprint density at radius 3 is 2.73 bits per heavy atom. The molecule has 0 spiro atoms. The van der Waals surface area contributed by atoms with Crippen LogP contribution in [0.5, 0.6) is 0 Å². The molecule has 0 saturated heterocycles. The Morgan fingerprint density at radius 2 is 2.05 bits per heavy atom. The number of nitrogens with one attached hydrogen (secondary N) is 3. The lowest BCUT2D eigenvalue weighted by Crippen LogP contribution is -1.84. The second-order valence-corrected chi connectivity index (χ2v) is 6.09. The van der Waals surface area contributed by atoms with E-state index in [-0.39, 0.29) is 0 Å². The van der Waals surface area contributed by atoms with E-state index in [0.29, 0.717) is 20.6 Å². The van der Waals surface area contributed by atoms with E-state index in [4.69, 9.17) is 23.2 Å². The first-order valence-electron chi connectivity index (χ1n) is 6.22. The van der Waals surface area contributed by atoms with Gasteiger partial charge in [0, 0.05) is 22.7 Å². The Kier molecular flexibility index (Phi) is 3.21. The lowest BCUT2D eigenvalue weighted by atomic mass is 10.0. The molecule has 0 bridgehead atoms. The number of hydrogen-bond acceptors (Lipinski definition) is 3. The van der Waals surface area contributed by atoms with E-state index in [9.17, 15) is 0 Å². The van der Waals surface area contributed by atoms with Gasteiger partial charge >= 0.3 is 0 Å². The summed E-state index contributed by atoms with van der Waals surface area (Å²) in [6, 6.07) is 3.68. The lowest BCUT2D eigenvalue weighted by molar-refractivity contribution is 1.07. The van der Waals surface area contributed by atoms with Crippen LogP contribution in [0.2, 0.25) is 10.0 Å². The van der Waals surface area contributed by atoms with E-state index in [1.807, 2.05) is 6.07 Å². The smallest absolute Gasteiger partial charge is 0.217 e. The van der Waals surface area contributed by atoms with E-state index in [1.54, 1.807) is 18.5 Å². The van der Waals surface area contributed by atoms with Gasteiger partial charge in [-0.05, 0) is 22.0 Å². The van der Waals surface area contributed by atoms with E-state index >= 15 is 0 Å². The minimum Gasteiger partial charge on any atom is -0.350 e. The molecule has 0 radical (unpaired) electrons. The fourth-order valence-electron chi connectivity index (χ4n) is 2.42. The number of fused-ring (bicyclic) bond motifs is 1. The van der Waals surface area contributed by atoms with Gasteiger partial charge in [-0.2, -0.15) is 10.1 Å². The molecular formula is C13H7BrCl2N6. The van der Waals surface area contributed by atoms with Crippen LogP contribution in [0.1, 0.15) is 0 Å². The van der Waals surface area contributed by atoms with Crippen molar-refractivity contribution in [3.05, 3.63) is 39.3 Å². The molecule has 0 aliphatic rings. The molecule has 22 heavy (non-hydrogen) atoms. The summed E-state index contributed by atoms with van der Waals surface area (Å²) in [5.74, 6) is 0.589. The van der Waals surface area contributed by atoms with Crippen LogP contribution >= 0.6 is 39.1 Å². The Morgan fingerprint density at radius 1 is 1.18 bits per heavy atom. The van der Waals surface area contributed by atoms with Gasteiger partial charge in [-0.3, -0.25) is 10.2 Å². The largest absolute Gasteiger partial charge is 0.350 e. The summed E-state index contributed by atoms with van der Waals surface area (Å²) in [7, 11) is 0. The predicted octanol–water partition coefficient (Wildman–Crippen LogP) is 4.41. The van der Waals surface area contributed by atoms with Crippen LogP contribution in [0.15, 0.2) is 29.3 Å². The number of H-pyrrole nitrogens is 3. The highest BCUT2D eigenvalue weighted by Gasteiger charge is 2.20. The van der Waals surface area contributed by atoms with E-state index in [1.165, 1.54) is 0 Å². The molecule has 3 aromatic heterocycles. The van der Waals surface area contributed by atoms with Crippen LogP contribution in [-0.4, -0.2) is 30.4 Å². The monoisotopic (exact) mass is 396 g/mol. The number of benzene rings is 1. The SMILES string of the molecule is Clc1ccc2c(-c3cn[nH]c3)c(-c3nc(Br)n[nH]3)[nH]c2c1Cl. The first-order valence-corrected chi connectivity index (χ1v) is 7.77. The summed E-state index contributed by atoms with van der Waals surface area (Å²) in [6.45, 7) is 0. The van der Waals surface area contributed by atoms with Crippen molar-refractivity contribution in [3.8, 4) is 22.6 Å². The highest BCUT2D eigenvalue weighted by Crippen LogP contribution is 2.41. The van der Waals surface area contributed by atoms with Crippen LogP contribution in [0.25, 0.3) is 33.5 Å². The molecule has 0 aliphatic carbocycles. The van der Waals surface area contributed by atoms with Crippen LogP contribution in [0.4, 0.5) is 0 Å². The first-order chi connectivity index (χ1) is 10.6. The highest BCUT2D eigenvalue weighted by atomic mass is 79.9. The maximum absolute atomic E-state index is 6.32. The lowest BCUT2D eigenvalue weighted by Gasteiger charge is -2.00. The zero-order chi connectivity index (χ0) is 15.3. The molecule has 0 atom stereocenters. The van der Waals surface area contributed by atoms with Crippen molar-refractivity contribution in [2.75, 3.05) is 0 Å². The second kappa shape index (κ2) is 5.12. The molecule has 3 heterocycles. The summed E-state index contributed by atoms with van der Waals surface area (Å²) in [4.78, 5) is 7.59. The van der Waals surface area contributed by atoms with E-state index in [2.05, 4.69) is 46.3 Å². The summed E-state index contributed by atoms with van der Waals surface area (Å²) < 4.78 is 0.475. The quantitative estimate of drug-likeness (QED) is 0.468. The third-order valence-corrected chi connectivity index (χ3v) is 4.50. The molecule has 0 saturated carbocycles. The van der Waals surface area contributed by atoms with Crippen molar-refractivity contribution in [2.24, 2.45) is 0 Å². The van der Waals surface area contributed by atoms with Crippen LogP contribution < -0.4 is 0 Å². The van der Waals surface area contributed by atoms with Gasteiger partial charge < -0.3 is 4.98 Å². The van der Waals surface area contributed by atoms with Gasteiger partial charge in [0.2, 0.25) is 4.73 Å². The number of nitrogens with zero attached hydrogens (tertiary/aromatic N) is 3. The number of aromatic nitrogens is 6. The summed E-state index contributed by atoms with van der Waals surface area (Å²) in [5.41, 5.74) is 3.34. The molecule has 1 aromatic carbocycles. The third-order valence-electron chi connectivity index (χ3n) is 3.35. The van der Waals surface area contributed by atoms with Gasteiger partial charge in [0.15, 0.2) is 5.82 Å². The van der Waals surface area contributed by atoms with Crippen molar-refractivity contribution in [1.29, 1.82) is 0 Å². The van der Waals surface area contributed by atoms with E-state index < -0.39 is 0 Å². The van der Waals surface area contributed by atoms with Crippen LogP contribution in [-0.2, 0) is 0 Å². The molecule has 110 valence electrons. The molecule has 4 rings (SSSR count). The maximum atomic E-state index is 6.32. The Bertz CT molecular complexity index is 972. The van der Waals surface area contributed by atoms with Gasteiger partial charge in [-0.25, -0.2) is 0 Å². The van der Waals surface area contributed by atoms with Crippen molar-refractivity contribution < 1.29 is 0 Å². The van der Waals surface area contributed by atoms with Crippen molar-refractivity contribution in [1.82, 2.24) is 30.4 Å². The number of rotatable bonds is 2. The van der Waals surface area contributed by atoms with Gasteiger partial charge in [0.25, 0.3) is 0 Å². The normalized spacial score (nSPS) is 11.4. The summed E-state index contributed by atoms with van der Waals surface area (Å²) in [6.07, 6.45) is 3.54. The highest BCUT2D eigenvalue weighted by molar-refractivity contribution is 9.10. The maximum Gasteiger partial charge on any atom is 0.217 e. The number of aromatic amines is 3. The fourth-order valence-corrected chi connectivity index (χ4v) is 3.06.